The zero-order valence-electron chi connectivity index (χ0n) is 10.6. The summed E-state index contributed by atoms with van der Waals surface area (Å²) in [7, 11) is 0. The normalized spacial score (nSPS) is 11.1. The molecule has 0 saturated heterocycles. The summed E-state index contributed by atoms with van der Waals surface area (Å²) in [6, 6.07) is 3.47. The molecule has 94 valence electrons. The highest BCUT2D eigenvalue weighted by Gasteiger charge is 2.27. The summed E-state index contributed by atoms with van der Waals surface area (Å²) in [5, 5.41) is 0. The molecule has 0 N–H and O–H groups in total. The van der Waals surface area contributed by atoms with Crippen LogP contribution in [0.1, 0.15) is 27.7 Å². The smallest absolute Gasteiger partial charge is 0.390 e. The maximum absolute atomic E-state index is 12.0. The number of carbonyl (C=O) groups is 1. The van der Waals surface area contributed by atoms with Crippen LogP contribution in [0.25, 0.3) is 0 Å². The summed E-state index contributed by atoms with van der Waals surface area (Å²) in [5.74, 6) is 0.239. The Morgan fingerprint density at radius 1 is 1.53 bits per heavy atom. The molecular formula is C12H18N2O2S. The Labute approximate surface area is 107 Å². The molecule has 0 aliphatic carbocycles. The van der Waals surface area contributed by atoms with E-state index in [-0.39, 0.29) is 11.4 Å². The molecule has 0 unspecified atom stereocenters. The van der Waals surface area contributed by atoms with E-state index in [1.165, 1.54) is 0 Å². The number of ether oxygens (including phenoxy) is 1. The summed E-state index contributed by atoms with van der Waals surface area (Å²) in [5.41, 5.74) is -0.280. The molecule has 17 heavy (non-hydrogen) atoms. The van der Waals surface area contributed by atoms with Gasteiger partial charge in [-0.2, -0.15) is 0 Å². The number of thiol groups is 1. The molecular weight excluding hydrogens is 236 g/mol. The topological polar surface area (TPSA) is 42.4 Å². The van der Waals surface area contributed by atoms with E-state index in [2.05, 4.69) is 17.6 Å². The monoisotopic (exact) mass is 254 g/mol. The number of pyridine rings is 1. The van der Waals surface area contributed by atoms with E-state index >= 15 is 0 Å². The van der Waals surface area contributed by atoms with Gasteiger partial charge in [-0.1, -0.05) is 0 Å². The van der Waals surface area contributed by atoms with Gasteiger partial charge in [0.2, 0.25) is 5.88 Å². The molecule has 1 aromatic rings. The highest BCUT2D eigenvalue weighted by molar-refractivity contribution is 7.80. The van der Waals surface area contributed by atoms with Crippen molar-refractivity contribution in [3.63, 3.8) is 0 Å². The van der Waals surface area contributed by atoms with Crippen molar-refractivity contribution in [1.82, 2.24) is 9.88 Å². The van der Waals surface area contributed by atoms with E-state index in [1.807, 2.05) is 27.7 Å². The summed E-state index contributed by atoms with van der Waals surface area (Å²) < 4.78 is 5.22. The van der Waals surface area contributed by atoms with E-state index < -0.39 is 6.09 Å². The number of hydrogen-bond acceptors (Lipinski definition) is 4. The van der Waals surface area contributed by atoms with Gasteiger partial charge in [0.15, 0.2) is 0 Å². The third-order valence-electron chi connectivity index (χ3n) is 2.28. The number of carbonyl (C=O) groups excluding carboxylic acids is 1. The zero-order valence-corrected chi connectivity index (χ0v) is 11.5. The van der Waals surface area contributed by atoms with Crippen LogP contribution in [0.5, 0.6) is 5.88 Å². The number of hydrogen-bond donors (Lipinski definition) is 1. The highest BCUT2D eigenvalue weighted by atomic mass is 32.1. The van der Waals surface area contributed by atoms with Gasteiger partial charge in [-0.3, -0.25) is 0 Å². The molecule has 0 fully saturated rings. The van der Waals surface area contributed by atoms with Crippen molar-refractivity contribution in [2.75, 3.05) is 6.54 Å². The summed E-state index contributed by atoms with van der Waals surface area (Å²) >= 11 is 4.18. The lowest BCUT2D eigenvalue weighted by Gasteiger charge is -2.33. The Morgan fingerprint density at radius 3 is 2.65 bits per heavy atom. The third-order valence-corrected chi connectivity index (χ3v) is 2.62. The molecule has 0 spiro atoms. The lowest BCUT2D eigenvalue weighted by molar-refractivity contribution is 0.108. The van der Waals surface area contributed by atoms with Crippen molar-refractivity contribution in [3.8, 4) is 5.88 Å². The van der Waals surface area contributed by atoms with Crippen molar-refractivity contribution in [2.45, 2.75) is 38.1 Å². The third kappa shape index (κ3) is 3.63. The Balaban J connectivity index is 2.82. The Kier molecular flexibility index (Phi) is 4.40. The summed E-state index contributed by atoms with van der Waals surface area (Å²) in [6.45, 7) is 8.36. The maximum Gasteiger partial charge on any atom is 0.417 e. The van der Waals surface area contributed by atoms with Gasteiger partial charge in [-0.25, -0.2) is 9.78 Å². The van der Waals surface area contributed by atoms with E-state index in [4.69, 9.17) is 4.74 Å². The number of nitrogens with zero attached hydrogens (tertiary/aromatic N) is 2. The predicted molar refractivity (Wildman–Crippen MR) is 69.6 cm³/mol. The average Bonchev–Trinajstić information content (AvgIpc) is 2.20. The second-order valence-electron chi connectivity index (χ2n) is 4.61. The van der Waals surface area contributed by atoms with Crippen LogP contribution in [0, 0.1) is 0 Å². The van der Waals surface area contributed by atoms with Gasteiger partial charge in [0.25, 0.3) is 0 Å². The first kappa shape index (κ1) is 13.8. The van der Waals surface area contributed by atoms with Crippen molar-refractivity contribution < 1.29 is 9.53 Å². The minimum atomic E-state index is -0.408. The maximum atomic E-state index is 12.0. The van der Waals surface area contributed by atoms with Gasteiger partial charge in [0, 0.05) is 18.3 Å². The fraction of sp³-hybridized carbons (Fsp3) is 0.500. The van der Waals surface area contributed by atoms with Crippen LogP contribution in [0.4, 0.5) is 4.79 Å². The van der Waals surface area contributed by atoms with Gasteiger partial charge < -0.3 is 9.64 Å². The van der Waals surface area contributed by atoms with Crippen molar-refractivity contribution in [1.29, 1.82) is 0 Å². The first-order valence-electron chi connectivity index (χ1n) is 5.49. The van der Waals surface area contributed by atoms with Crippen LogP contribution in [-0.2, 0) is 0 Å². The fourth-order valence-electron chi connectivity index (χ4n) is 1.48. The zero-order chi connectivity index (χ0) is 13.1. The molecule has 4 nitrogen and oxygen atoms in total. The van der Waals surface area contributed by atoms with E-state index in [0.29, 0.717) is 11.4 Å². The fourth-order valence-corrected chi connectivity index (χ4v) is 1.67. The summed E-state index contributed by atoms with van der Waals surface area (Å²) in [6.07, 6.45) is 1.16. The van der Waals surface area contributed by atoms with Gasteiger partial charge in [-0.15, -0.1) is 12.6 Å². The number of amides is 1. The first-order chi connectivity index (χ1) is 7.86. The van der Waals surface area contributed by atoms with Crippen molar-refractivity contribution in [2.24, 2.45) is 0 Å². The summed E-state index contributed by atoms with van der Waals surface area (Å²) in [4.78, 5) is 18.1. The molecule has 0 aromatic carbocycles. The second-order valence-corrected chi connectivity index (χ2v) is 5.09. The lowest BCUT2D eigenvalue weighted by atomic mass is 10.1. The Bertz CT molecular complexity index is 402. The van der Waals surface area contributed by atoms with Crippen LogP contribution < -0.4 is 4.74 Å². The van der Waals surface area contributed by atoms with Gasteiger partial charge in [-0.05, 0) is 39.8 Å². The minimum Gasteiger partial charge on any atom is -0.390 e. The molecule has 1 rings (SSSR count). The quantitative estimate of drug-likeness (QED) is 0.825. The Hall–Kier alpha value is -1.23. The van der Waals surface area contributed by atoms with Crippen molar-refractivity contribution in [3.05, 3.63) is 18.3 Å². The van der Waals surface area contributed by atoms with Crippen LogP contribution in [-0.4, -0.2) is 28.1 Å². The molecule has 1 aromatic heterocycles. The van der Waals surface area contributed by atoms with Crippen LogP contribution in [0.2, 0.25) is 0 Å². The highest BCUT2D eigenvalue weighted by Crippen LogP contribution is 2.21. The van der Waals surface area contributed by atoms with Crippen LogP contribution >= 0.6 is 12.6 Å². The molecule has 0 atom stereocenters. The van der Waals surface area contributed by atoms with Gasteiger partial charge in [0.05, 0.1) is 4.90 Å². The van der Waals surface area contributed by atoms with Crippen LogP contribution in [0.15, 0.2) is 23.2 Å². The molecule has 0 radical (unpaired) electrons. The van der Waals surface area contributed by atoms with E-state index in [9.17, 15) is 4.79 Å². The van der Waals surface area contributed by atoms with Gasteiger partial charge in [0.1, 0.15) is 0 Å². The molecule has 0 aliphatic rings. The Morgan fingerprint density at radius 2 is 2.18 bits per heavy atom. The molecule has 0 aliphatic heterocycles. The van der Waals surface area contributed by atoms with Gasteiger partial charge >= 0.3 is 6.09 Å². The second kappa shape index (κ2) is 5.40. The lowest BCUT2D eigenvalue weighted by Crippen LogP contribution is -2.46. The first-order valence-corrected chi connectivity index (χ1v) is 5.94. The van der Waals surface area contributed by atoms with E-state index in [0.717, 1.165) is 0 Å². The standard InChI is InChI=1S/C12H18N2O2S/c1-5-14(12(2,3)4)11(15)16-10-9(17)7-6-8-13-10/h6-8,17H,5H2,1-4H3. The SMILES string of the molecule is CCN(C(=O)Oc1ncccc1S)C(C)(C)C. The largest absolute Gasteiger partial charge is 0.417 e. The molecule has 0 saturated carbocycles. The van der Waals surface area contributed by atoms with Crippen LogP contribution in [0.3, 0.4) is 0 Å². The molecule has 5 heteroatoms. The predicted octanol–water partition coefficient (Wildman–Crippen LogP) is 2.99. The molecule has 1 heterocycles. The average molecular weight is 254 g/mol. The van der Waals surface area contributed by atoms with Crippen molar-refractivity contribution >= 4 is 18.7 Å². The number of rotatable bonds is 2. The minimum absolute atomic E-state index is 0.239. The number of aromatic nitrogens is 1. The van der Waals surface area contributed by atoms with E-state index in [1.54, 1.807) is 23.2 Å². The molecule has 0 bridgehead atoms. The molecule has 1 amide bonds.